The molecule has 4 rings (SSSR count). The summed E-state index contributed by atoms with van der Waals surface area (Å²) in [6.45, 7) is 4.94. The number of benzene rings is 2. The van der Waals surface area contributed by atoms with Crippen molar-refractivity contribution in [3.63, 3.8) is 0 Å². The summed E-state index contributed by atoms with van der Waals surface area (Å²) in [5, 5.41) is 8.25. The molecule has 1 aliphatic rings. The van der Waals surface area contributed by atoms with Crippen LogP contribution in [0, 0.1) is 0 Å². The van der Waals surface area contributed by atoms with Gasteiger partial charge >= 0.3 is 0 Å². The zero-order valence-electron chi connectivity index (χ0n) is 18.6. The molecule has 0 N–H and O–H groups in total. The predicted molar refractivity (Wildman–Crippen MR) is 121 cm³/mol. The van der Waals surface area contributed by atoms with Crippen LogP contribution < -0.4 is 4.74 Å². The molecule has 0 saturated carbocycles. The van der Waals surface area contributed by atoms with Gasteiger partial charge in [-0.05, 0) is 36.9 Å². The zero-order chi connectivity index (χ0) is 22.3. The molecule has 0 atom stereocenters. The Kier molecular flexibility index (Phi) is 7.14. The van der Waals surface area contributed by atoms with E-state index in [9.17, 15) is 4.79 Å². The Labute approximate surface area is 188 Å². The molecule has 0 spiro atoms. The lowest BCUT2D eigenvalue weighted by molar-refractivity contribution is -0.134. The van der Waals surface area contributed by atoms with Crippen molar-refractivity contribution in [2.75, 3.05) is 46.9 Å². The minimum absolute atomic E-state index is 0.127. The molecule has 1 amide bonds. The summed E-state index contributed by atoms with van der Waals surface area (Å²) in [5.74, 6) is 1.84. The molecule has 3 aromatic rings. The molecule has 2 aromatic carbocycles. The number of likely N-dealkylation sites (N-methyl/N-ethyl adjacent to an activating group) is 1. The highest BCUT2D eigenvalue weighted by atomic mass is 16.5. The Balaban J connectivity index is 1.23. The minimum Gasteiger partial charge on any atom is -0.497 e. The van der Waals surface area contributed by atoms with Crippen LogP contribution in [0.15, 0.2) is 59.0 Å². The van der Waals surface area contributed by atoms with Crippen LogP contribution in [-0.2, 0) is 17.9 Å². The van der Waals surface area contributed by atoms with Crippen molar-refractivity contribution in [2.45, 2.75) is 13.1 Å². The van der Waals surface area contributed by atoms with Crippen molar-refractivity contribution >= 4 is 5.91 Å². The van der Waals surface area contributed by atoms with Gasteiger partial charge in [-0.15, -0.1) is 10.2 Å². The monoisotopic (exact) mass is 435 g/mol. The quantitative estimate of drug-likeness (QED) is 0.538. The Bertz CT molecular complexity index is 998. The van der Waals surface area contributed by atoms with Crippen molar-refractivity contribution in [3.05, 3.63) is 66.1 Å². The van der Waals surface area contributed by atoms with Gasteiger partial charge < -0.3 is 14.1 Å². The third-order valence-electron chi connectivity index (χ3n) is 5.59. The van der Waals surface area contributed by atoms with E-state index >= 15 is 0 Å². The molecule has 0 radical (unpaired) electrons. The number of amides is 1. The molecule has 0 aliphatic carbocycles. The molecule has 8 nitrogen and oxygen atoms in total. The van der Waals surface area contributed by atoms with Gasteiger partial charge in [0.05, 0.1) is 20.2 Å². The minimum atomic E-state index is 0.127. The maximum atomic E-state index is 12.7. The van der Waals surface area contributed by atoms with Crippen molar-refractivity contribution in [1.29, 1.82) is 0 Å². The number of carbonyl (C=O) groups excluding carboxylic acids is 1. The normalized spacial score (nSPS) is 14.7. The summed E-state index contributed by atoms with van der Waals surface area (Å²) in [5.41, 5.74) is 2.14. The fraction of sp³-hybridized carbons (Fsp3) is 0.375. The number of ether oxygens (including phenoxy) is 1. The van der Waals surface area contributed by atoms with E-state index in [1.54, 1.807) is 7.11 Å². The number of carbonyl (C=O) groups is 1. The lowest BCUT2D eigenvalue weighted by Gasteiger charge is -2.35. The average Bonchev–Trinajstić information content (AvgIpc) is 3.28. The van der Waals surface area contributed by atoms with E-state index in [0.29, 0.717) is 24.9 Å². The number of rotatable bonds is 8. The lowest BCUT2D eigenvalue weighted by Crippen LogP contribution is -2.50. The molecular formula is C24H29N5O3. The summed E-state index contributed by atoms with van der Waals surface area (Å²) in [4.78, 5) is 19.0. The van der Waals surface area contributed by atoms with Gasteiger partial charge in [0.2, 0.25) is 17.7 Å². The Morgan fingerprint density at radius 1 is 1.03 bits per heavy atom. The summed E-state index contributed by atoms with van der Waals surface area (Å²) in [6, 6.07) is 17.9. The highest BCUT2D eigenvalue weighted by Gasteiger charge is 2.22. The Morgan fingerprint density at radius 3 is 2.44 bits per heavy atom. The Hall–Kier alpha value is -3.23. The zero-order valence-corrected chi connectivity index (χ0v) is 18.6. The first-order chi connectivity index (χ1) is 15.6. The molecule has 1 saturated heterocycles. The van der Waals surface area contributed by atoms with Gasteiger partial charge in [-0.25, -0.2) is 0 Å². The van der Waals surface area contributed by atoms with E-state index in [0.717, 1.165) is 44.0 Å². The van der Waals surface area contributed by atoms with Gasteiger partial charge in [0.15, 0.2) is 0 Å². The summed E-state index contributed by atoms with van der Waals surface area (Å²) in [6.07, 6.45) is 0. The predicted octanol–water partition coefficient (Wildman–Crippen LogP) is 2.52. The van der Waals surface area contributed by atoms with E-state index in [2.05, 4.69) is 39.4 Å². The molecule has 0 unspecified atom stereocenters. The van der Waals surface area contributed by atoms with E-state index in [-0.39, 0.29) is 5.91 Å². The van der Waals surface area contributed by atoms with Gasteiger partial charge in [0.25, 0.3) is 0 Å². The number of nitrogens with zero attached hydrogens (tertiary/aromatic N) is 5. The largest absolute Gasteiger partial charge is 0.497 e. The SMILES string of the molecule is COc1ccc(-c2nnc(CN(C)CC(=O)N3CCN(Cc4ccccc4)CC3)o2)cc1. The summed E-state index contributed by atoms with van der Waals surface area (Å²) in [7, 11) is 3.52. The third-order valence-corrected chi connectivity index (χ3v) is 5.59. The van der Waals surface area contributed by atoms with Gasteiger partial charge in [-0.1, -0.05) is 30.3 Å². The van der Waals surface area contributed by atoms with E-state index in [4.69, 9.17) is 9.15 Å². The topological polar surface area (TPSA) is 74.9 Å². The number of hydrogen-bond acceptors (Lipinski definition) is 7. The molecule has 168 valence electrons. The molecular weight excluding hydrogens is 406 g/mol. The number of aromatic nitrogens is 2. The smallest absolute Gasteiger partial charge is 0.247 e. The van der Waals surface area contributed by atoms with Gasteiger partial charge in [0, 0.05) is 38.3 Å². The van der Waals surface area contributed by atoms with Crippen molar-refractivity contribution < 1.29 is 13.9 Å². The lowest BCUT2D eigenvalue weighted by atomic mass is 10.2. The first-order valence-corrected chi connectivity index (χ1v) is 10.8. The third kappa shape index (κ3) is 5.72. The first kappa shape index (κ1) is 22.0. The second-order valence-corrected chi connectivity index (χ2v) is 8.04. The molecule has 1 fully saturated rings. The maximum Gasteiger partial charge on any atom is 0.247 e. The van der Waals surface area contributed by atoms with Crippen molar-refractivity contribution in [3.8, 4) is 17.2 Å². The summed E-state index contributed by atoms with van der Waals surface area (Å²) < 4.78 is 10.9. The maximum absolute atomic E-state index is 12.7. The highest BCUT2D eigenvalue weighted by Crippen LogP contribution is 2.21. The van der Waals surface area contributed by atoms with Crippen LogP contribution in [0.2, 0.25) is 0 Å². The van der Waals surface area contributed by atoms with Crippen LogP contribution in [0.4, 0.5) is 0 Å². The highest BCUT2D eigenvalue weighted by molar-refractivity contribution is 5.78. The van der Waals surface area contributed by atoms with Gasteiger partial charge in [-0.2, -0.15) is 0 Å². The number of hydrogen-bond donors (Lipinski definition) is 0. The Morgan fingerprint density at radius 2 is 1.75 bits per heavy atom. The fourth-order valence-corrected chi connectivity index (χ4v) is 3.78. The number of piperazine rings is 1. The van der Waals surface area contributed by atoms with Crippen LogP contribution in [0.1, 0.15) is 11.5 Å². The molecule has 1 aliphatic heterocycles. The van der Waals surface area contributed by atoms with Gasteiger partial charge in [0.1, 0.15) is 5.75 Å². The first-order valence-electron chi connectivity index (χ1n) is 10.8. The van der Waals surface area contributed by atoms with Crippen LogP contribution in [-0.4, -0.2) is 77.7 Å². The molecule has 32 heavy (non-hydrogen) atoms. The van der Waals surface area contributed by atoms with Crippen LogP contribution in [0.25, 0.3) is 11.5 Å². The standard InChI is InChI=1S/C24H29N5O3/c1-27(17-22-25-26-24(32-22)20-8-10-21(31-2)11-9-20)18-23(30)29-14-12-28(13-15-29)16-19-6-4-3-5-7-19/h3-11H,12-18H2,1-2H3. The van der Waals surface area contributed by atoms with E-state index in [1.807, 2.05) is 47.2 Å². The second kappa shape index (κ2) is 10.4. The van der Waals surface area contributed by atoms with Crippen molar-refractivity contribution in [1.82, 2.24) is 24.9 Å². The second-order valence-electron chi connectivity index (χ2n) is 8.04. The number of methoxy groups -OCH3 is 1. The fourth-order valence-electron chi connectivity index (χ4n) is 3.78. The molecule has 0 bridgehead atoms. The molecule has 1 aromatic heterocycles. The average molecular weight is 436 g/mol. The van der Waals surface area contributed by atoms with Crippen LogP contribution >= 0.6 is 0 Å². The van der Waals surface area contributed by atoms with E-state index < -0.39 is 0 Å². The van der Waals surface area contributed by atoms with Gasteiger partial charge in [-0.3, -0.25) is 14.6 Å². The van der Waals surface area contributed by atoms with Crippen LogP contribution in [0.5, 0.6) is 5.75 Å². The summed E-state index contributed by atoms with van der Waals surface area (Å²) >= 11 is 0. The molecule has 2 heterocycles. The molecule has 8 heteroatoms. The van der Waals surface area contributed by atoms with E-state index in [1.165, 1.54) is 5.56 Å². The van der Waals surface area contributed by atoms with Crippen molar-refractivity contribution in [2.24, 2.45) is 0 Å². The van der Waals surface area contributed by atoms with Crippen LogP contribution in [0.3, 0.4) is 0 Å².